The molecule has 0 bridgehead atoms. The molecule has 0 aliphatic heterocycles. The van der Waals surface area contributed by atoms with E-state index in [0.29, 0.717) is 28.6 Å². The van der Waals surface area contributed by atoms with E-state index in [9.17, 15) is 14.4 Å². The summed E-state index contributed by atoms with van der Waals surface area (Å²) in [6.45, 7) is 3.48. The second-order valence-corrected chi connectivity index (χ2v) is 10.8. The molecule has 0 saturated heterocycles. The van der Waals surface area contributed by atoms with Crippen molar-refractivity contribution in [2.24, 2.45) is 0 Å². The molecule has 9 nitrogen and oxygen atoms in total. The molecule has 0 unspecified atom stereocenters. The van der Waals surface area contributed by atoms with Crippen LogP contribution in [-0.4, -0.2) is 39.0 Å². The molecule has 5 rings (SSSR count). The predicted molar refractivity (Wildman–Crippen MR) is 172 cm³/mol. The van der Waals surface area contributed by atoms with Crippen molar-refractivity contribution >= 4 is 29.4 Å². The van der Waals surface area contributed by atoms with Crippen LogP contribution < -0.4 is 16.2 Å². The number of carbonyl (C=O) groups excluding carboxylic acids is 2. The highest BCUT2D eigenvalue weighted by Crippen LogP contribution is 2.25. The van der Waals surface area contributed by atoms with Gasteiger partial charge in [0.15, 0.2) is 0 Å². The number of fused-ring (bicyclic) bond motifs is 1. The van der Waals surface area contributed by atoms with Crippen LogP contribution in [0.1, 0.15) is 42.1 Å². The molecule has 2 amide bonds. The van der Waals surface area contributed by atoms with E-state index in [-0.39, 0.29) is 31.2 Å². The van der Waals surface area contributed by atoms with Crippen molar-refractivity contribution in [1.29, 1.82) is 0 Å². The Morgan fingerprint density at radius 3 is 2.32 bits per heavy atom. The fourth-order valence-corrected chi connectivity index (χ4v) is 4.97. The number of amides is 2. The minimum Gasteiger partial charge on any atom is -0.445 e. The van der Waals surface area contributed by atoms with Gasteiger partial charge in [-0.05, 0) is 41.8 Å². The zero-order valence-electron chi connectivity index (χ0n) is 24.5. The van der Waals surface area contributed by atoms with Crippen LogP contribution >= 0.6 is 11.6 Å². The summed E-state index contributed by atoms with van der Waals surface area (Å²) in [6, 6.07) is 25.5. The summed E-state index contributed by atoms with van der Waals surface area (Å²) in [6.07, 6.45) is 4.24. The summed E-state index contributed by atoms with van der Waals surface area (Å²) >= 11 is 6.07. The summed E-state index contributed by atoms with van der Waals surface area (Å²) < 4.78 is 8.82. The summed E-state index contributed by atoms with van der Waals surface area (Å²) in [4.78, 5) is 42.7. The number of hydrogen-bond acceptors (Lipinski definition) is 5. The molecule has 3 aromatic carbocycles. The van der Waals surface area contributed by atoms with E-state index in [1.165, 1.54) is 0 Å². The summed E-state index contributed by atoms with van der Waals surface area (Å²) in [5.74, 6) is 0.290. The van der Waals surface area contributed by atoms with Gasteiger partial charge in [0.25, 0.3) is 11.5 Å². The monoisotopic (exact) mass is 611 g/mol. The van der Waals surface area contributed by atoms with E-state index in [0.717, 1.165) is 41.6 Å². The fourth-order valence-electron chi connectivity index (χ4n) is 4.84. The predicted octanol–water partition coefficient (Wildman–Crippen LogP) is 6.33. The molecule has 5 aromatic rings. The van der Waals surface area contributed by atoms with Gasteiger partial charge in [-0.3, -0.25) is 14.0 Å². The first-order valence-electron chi connectivity index (χ1n) is 14.6. The third kappa shape index (κ3) is 7.54. The maximum Gasteiger partial charge on any atom is 0.407 e. The van der Waals surface area contributed by atoms with Crippen LogP contribution in [0.4, 0.5) is 4.79 Å². The van der Waals surface area contributed by atoms with Crippen molar-refractivity contribution in [3.63, 3.8) is 0 Å². The zero-order chi connectivity index (χ0) is 30.9. The molecule has 10 heteroatoms. The van der Waals surface area contributed by atoms with Gasteiger partial charge < -0.3 is 19.9 Å². The number of nitrogens with one attached hydrogen (secondary N) is 2. The van der Waals surface area contributed by atoms with Crippen molar-refractivity contribution in [2.75, 3.05) is 13.1 Å². The van der Waals surface area contributed by atoms with Crippen molar-refractivity contribution in [3.05, 3.63) is 118 Å². The van der Waals surface area contributed by atoms with Crippen molar-refractivity contribution < 1.29 is 14.3 Å². The number of aryl methyl sites for hydroxylation is 1. The molecule has 0 aliphatic rings. The minimum atomic E-state index is -0.549. The van der Waals surface area contributed by atoms with E-state index < -0.39 is 6.09 Å². The van der Waals surface area contributed by atoms with Gasteiger partial charge in [0.2, 0.25) is 5.78 Å². The number of unbranched alkanes of at least 4 members (excludes halogenated alkanes) is 2. The standard InChI is InChI=1S/C34H34ClN5O4/c1-2-3-7-20-39-30(21-31(41)40-22-29(38-33(39)40)25-14-16-28(35)17-15-25)26-10-12-27(13-11-26)32(42)36-18-19-37-34(43)44-23-24-8-5-4-6-9-24/h4-6,8-17,21-22H,2-3,7,18-20,23H2,1H3,(H,36,42)(H,37,43). The number of halogens is 1. The molecule has 0 saturated carbocycles. The SMILES string of the molecule is CCCCCn1c(-c2ccc(C(=O)NCCNC(=O)OCc3ccccc3)cc2)cc(=O)n2cc(-c3ccc(Cl)cc3)nc12. The minimum absolute atomic E-state index is 0.175. The Hall–Kier alpha value is -4.89. The molecule has 0 atom stereocenters. The smallest absolute Gasteiger partial charge is 0.407 e. The Balaban J connectivity index is 1.27. The van der Waals surface area contributed by atoms with E-state index in [4.69, 9.17) is 21.3 Å². The summed E-state index contributed by atoms with van der Waals surface area (Å²) in [5.41, 5.74) is 4.26. The van der Waals surface area contributed by atoms with Crippen molar-refractivity contribution in [3.8, 4) is 22.5 Å². The van der Waals surface area contributed by atoms with Gasteiger partial charge in [-0.2, -0.15) is 0 Å². The number of rotatable bonds is 12. The van der Waals surface area contributed by atoms with Gasteiger partial charge in [0.1, 0.15) is 6.61 Å². The lowest BCUT2D eigenvalue weighted by Crippen LogP contribution is -2.34. The maximum absolute atomic E-state index is 13.2. The highest BCUT2D eigenvalue weighted by molar-refractivity contribution is 6.30. The first kappa shape index (κ1) is 30.6. The highest BCUT2D eigenvalue weighted by Gasteiger charge is 2.16. The maximum atomic E-state index is 13.2. The Morgan fingerprint density at radius 1 is 0.886 bits per heavy atom. The van der Waals surface area contributed by atoms with Gasteiger partial charge in [0, 0.05) is 48.0 Å². The van der Waals surface area contributed by atoms with Gasteiger partial charge in [0.05, 0.1) is 11.4 Å². The average Bonchev–Trinajstić information content (AvgIpc) is 3.50. The van der Waals surface area contributed by atoms with Gasteiger partial charge >= 0.3 is 6.09 Å². The Morgan fingerprint density at radius 2 is 1.59 bits per heavy atom. The normalized spacial score (nSPS) is 11.0. The summed E-state index contributed by atoms with van der Waals surface area (Å²) in [7, 11) is 0. The van der Waals surface area contributed by atoms with Gasteiger partial charge in [-0.1, -0.05) is 86.0 Å². The van der Waals surface area contributed by atoms with Crippen molar-refractivity contribution in [2.45, 2.75) is 39.3 Å². The summed E-state index contributed by atoms with van der Waals surface area (Å²) in [5, 5.41) is 6.06. The van der Waals surface area contributed by atoms with Gasteiger partial charge in [-0.25, -0.2) is 9.78 Å². The van der Waals surface area contributed by atoms with Crippen LogP contribution in [0.25, 0.3) is 28.3 Å². The number of ether oxygens (including phenoxy) is 1. The molecule has 0 fully saturated rings. The van der Waals surface area contributed by atoms with Crippen LogP contribution in [0.2, 0.25) is 5.02 Å². The first-order chi connectivity index (χ1) is 21.4. The molecule has 0 radical (unpaired) electrons. The molecule has 2 heterocycles. The lowest BCUT2D eigenvalue weighted by Gasteiger charge is -2.15. The first-order valence-corrected chi connectivity index (χ1v) is 15.0. The fraction of sp³-hybridized carbons (Fsp3) is 0.235. The molecule has 0 spiro atoms. The Bertz CT molecular complexity index is 1780. The second kappa shape index (κ2) is 14.5. The van der Waals surface area contributed by atoms with Crippen LogP contribution in [0, 0.1) is 0 Å². The van der Waals surface area contributed by atoms with Crippen LogP contribution in [-0.2, 0) is 17.9 Å². The lowest BCUT2D eigenvalue weighted by atomic mass is 10.1. The number of benzene rings is 3. The van der Waals surface area contributed by atoms with E-state index in [1.54, 1.807) is 40.9 Å². The average molecular weight is 612 g/mol. The Kier molecular flexibility index (Phi) is 10.1. The van der Waals surface area contributed by atoms with E-state index in [1.807, 2.05) is 54.6 Å². The zero-order valence-corrected chi connectivity index (χ0v) is 25.2. The number of imidazole rings is 1. The molecule has 2 N–H and O–H groups in total. The second-order valence-electron chi connectivity index (χ2n) is 10.4. The number of aromatic nitrogens is 3. The molecule has 2 aromatic heterocycles. The quantitative estimate of drug-likeness (QED) is 0.160. The van der Waals surface area contributed by atoms with Crippen molar-refractivity contribution in [1.82, 2.24) is 24.6 Å². The van der Waals surface area contributed by atoms with Crippen LogP contribution in [0.5, 0.6) is 0 Å². The lowest BCUT2D eigenvalue weighted by molar-refractivity contribution is 0.0951. The van der Waals surface area contributed by atoms with Crippen LogP contribution in [0.3, 0.4) is 0 Å². The number of hydrogen-bond donors (Lipinski definition) is 2. The topological polar surface area (TPSA) is 107 Å². The molecular weight excluding hydrogens is 578 g/mol. The Labute approximate surface area is 260 Å². The number of carbonyl (C=O) groups is 2. The molecule has 44 heavy (non-hydrogen) atoms. The van der Waals surface area contributed by atoms with Crippen LogP contribution in [0.15, 0.2) is 95.9 Å². The molecule has 0 aliphatic carbocycles. The number of alkyl carbamates (subject to hydrolysis) is 1. The number of nitrogens with zero attached hydrogens (tertiary/aromatic N) is 3. The third-order valence-corrected chi connectivity index (χ3v) is 7.43. The molecular formula is C34H34ClN5O4. The van der Waals surface area contributed by atoms with Gasteiger partial charge in [-0.15, -0.1) is 0 Å². The molecule has 226 valence electrons. The third-order valence-electron chi connectivity index (χ3n) is 7.18. The van der Waals surface area contributed by atoms with E-state index in [2.05, 4.69) is 22.1 Å². The largest absolute Gasteiger partial charge is 0.445 e. The van der Waals surface area contributed by atoms with E-state index >= 15 is 0 Å². The highest BCUT2D eigenvalue weighted by atomic mass is 35.5.